The van der Waals surface area contributed by atoms with Crippen molar-refractivity contribution in [3.05, 3.63) is 55.8 Å². The van der Waals surface area contributed by atoms with E-state index < -0.39 is 17.2 Å². The van der Waals surface area contributed by atoms with Crippen LogP contribution in [0.25, 0.3) is 5.69 Å². The van der Waals surface area contributed by atoms with E-state index in [1.54, 1.807) is 29.2 Å². The lowest BCUT2D eigenvalue weighted by atomic mass is 10.3. The largest absolute Gasteiger partial charge is 0.351 e. The molecule has 1 aromatic carbocycles. The fraction of sp³-hybridized carbons (Fsp3) is 0.412. The maximum atomic E-state index is 12.7. The number of benzene rings is 1. The van der Waals surface area contributed by atoms with E-state index in [9.17, 15) is 14.4 Å². The van der Waals surface area contributed by atoms with Gasteiger partial charge < -0.3 is 4.90 Å². The van der Waals surface area contributed by atoms with Crippen LogP contribution in [-0.2, 0) is 7.05 Å². The van der Waals surface area contributed by atoms with Crippen LogP contribution in [0.4, 0.5) is 0 Å². The summed E-state index contributed by atoms with van der Waals surface area (Å²) in [5, 5.41) is 4.55. The average Bonchev–Trinajstić information content (AvgIpc) is 2.61. The van der Waals surface area contributed by atoms with E-state index in [0.717, 1.165) is 22.1 Å². The number of halogens is 1. The van der Waals surface area contributed by atoms with E-state index in [-0.39, 0.29) is 5.69 Å². The Balaban J connectivity index is 2.56. The lowest BCUT2D eigenvalue weighted by Gasteiger charge is -2.20. The first kappa shape index (κ1) is 18.9. The van der Waals surface area contributed by atoms with Gasteiger partial charge in [-0.25, -0.2) is 4.79 Å². The molecule has 25 heavy (non-hydrogen) atoms. The number of hydrogen-bond donors (Lipinski definition) is 0. The predicted molar refractivity (Wildman–Crippen MR) is 96.6 cm³/mol. The van der Waals surface area contributed by atoms with Gasteiger partial charge in [0.15, 0.2) is 0 Å². The van der Waals surface area contributed by atoms with Crippen LogP contribution in [0.5, 0.6) is 0 Å². The van der Waals surface area contributed by atoms with Crippen LogP contribution in [0.15, 0.2) is 33.9 Å². The Hall–Kier alpha value is -2.41. The van der Waals surface area contributed by atoms with Crippen LogP contribution >= 0.6 is 11.6 Å². The summed E-state index contributed by atoms with van der Waals surface area (Å²) in [4.78, 5) is 39.0. The topological polar surface area (TPSA) is 77.2 Å². The molecule has 0 atom stereocenters. The Morgan fingerprint density at radius 2 is 1.84 bits per heavy atom. The van der Waals surface area contributed by atoms with Crippen molar-refractivity contribution in [3.63, 3.8) is 0 Å². The van der Waals surface area contributed by atoms with Crippen molar-refractivity contribution in [1.29, 1.82) is 0 Å². The molecule has 0 aliphatic rings. The number of aromatic nitrogens is 3. The number of unbranched alkanes of at least 4 members (excludes halogenated alkanes) is 1. The van der Waals surface area contributed by atoms with Crippen LogP contribution in [-0.4, -0.2) is 38.2 Å². The number of hydrogen-bond acceptors (Lipinski definition) is 4. The van der Waals surface area contributed by atoms with Crippen LogP contribution in [0.3, 0.4) is 0 Å². The normalized spacial score (nSPS) is 10.7. The minimum absolute atomic E-state index is 0.269. The second-order valence-electron chi connectivity index (χ2n) is 5.62. The molecule has 0 N–H and O–H groups in total. The van der Waals surface area contributed by atoms with Crippen LogP contribution in [0.1, 0.15) is 37.2 Å². The molecule has 2 aromatic rings. The predicted octanol–water partition coefficient (Wildman–Crippen LogP) is 1.85. The fourth-order valence-corrected chi connectivity index (χ4v) is 2.49. The third-order valence-electron chi connectivity index (χ3n) is 3.90. The second kappa shape index (κ2) is 8.11. The molecule has 0 radical (unpaired) electrons. The highest BCUT2D eigenvalue weighted by Gasteiger charge is 2.22. The summed E-state index contributed by atoms with van der Waals surface area (Å²) in [5.41, 5.74) is -1.17. The summed E-state index contributed by atoms with van der Waals surface area (Å²) in [6, 6.07) is 6.42. The van der Waals surface area contributed by atoms with Gasteiger partial charge in [0.05, 0.1) is 5.69 Å². The third-order valence-corrected chi connectivity index (χ3v) is 4.15. The molecular formula is C17H21ClN4O3. The molecule has 7 nitrogen and oxygen atoms in total. The van der Waals surface area contributed by atoms with Crippen molar-refractivity contribution >= 4 is 17.5 Å². The van der Waals surface area contributed by atoms with Gasteiger partial charge in [-0.2, -0.15) is 9.78 Å². The summed E-state index contributed by atoms with van der Waals surface area (Å²) in [7, 11) is 1.33. The van der Waals surface area contributed by atoms with Crippen LogP contribution in [0.2, 0.25) is 5.02 Å². The Bertz CT molecular complexity index is 871. The standard InChI is InChI=1S/C17H21ClN4O3/c1-4-6-11-21(5-2)16(24)14-15(23)20(3)17(25)22(19-14)13-9-7-12(18)8-10-13/h7-10H,4-6,11H2,1-3H3. The molecule has 0 aliphatic heterocycles. The van der Waals surface area contributed by atoms with E-state index in [1.807, 2.05) is 13.8 Å². The molecule has 1 heterocycles. The smallest absolute Gasteiger partial charge is 0.337 e. The number of nitrogens with zero attached hydrogens (tertiary/aromatic N) is 4. The molecule has 8 heteroatoms. The van der Waals surface area contributed by atoms with E-state index in [0.29, 0.717) is 23.8 Å². The Morgan fingerprint density at radius 3 is 2.40 bits per heavy atom. The molecule has 0 bridgehead atoms. The van der Waals surface area contributed by atoms with Gasteiger partial charge in [0, 0.05) is 25.2 Å². The molecule has 0 aliphatic carbocycles. The SMILES string of the molecule is CCCCN(CC)C(=O)c1nn(-c2ccc(Cl)cc2)c(=O)n(C)c1=O. The molecule has 0 unspecified atom stereocenters. The highest BCUT2D eigenvalue weighted by Crippen LogP contribution is 2.11. The van der Waals surface area contributed by atoms with Crippen molar-refractivity contribution in [2.24, 2.45) is 7.05 Å². The number of carbonyl (C=O) groups excluding carboxylic acids is 1. The lowest BCUT2D eigenvalue weighted by Crippen LogP contribution is -2.45. The Morgan fingerprint density at radius 1 is 1.20 bits per heavy atom. The zero-order valence-electron chi connectivity index (χ0n) is 14.5. The molecule has 0 saturated heterocycles. The summed E-state index contributed by atoms with van der Waals surface area (Å²) < 4.78 is 1.93. The first-order chi connectivity index (χ1) is 11.9. The van der Waals surface area contributed by atoms with Crippen LogP contribution in [0, 0.1) is 0 Å². The van der Waals surface area contributed by atoms with Crippen molar-refractivity contribution in [1.82, 2.24) is 19.2 Å². The van der Waals surface area contributed by atoms with E-state index >= 15 is 0 Å². The quantitative estimate of drug-likeness (QED) is 0.783. The van der Waals surface area contributed by atoms with Gasteiger partial charge >= 0.3 is 5.69 Å². The maximum absolute atomic E-state index is 12.7. The zero-order valence-corrected chi connectivity index (χ0v) is 15.3. The van der Waals surface area contributed by atoms with Gasteiger partial charge in [0.2, 0.25) is 5.69 Å². The number of rotatable bonds is 6. The number of amides is 1. The van der Waals surface area contributed by atoms with Crippen LogP contribution < -0.4 is 11.2 Å². The lowest BCUT2D eigenvalue weighted by molar-refractivity contribution is 0.0751. The van der Waals surface area contributed by atoms with Crippen molar-refractivity contribution in [2.75, 3.05) is 13.1 Å². The van der Waals surface area contributed by atoms with Gasteiger partial charge in [-0.1, -0.05) is 24.9 Å². The van der Waals surface area contributed by atoms with Crippen molar-refractivity contribution in [3.8, 4) is 5.69 Å². The van der Waals surface area contributed by atoms with Gasteiger partial charge in [-0.05, 0) is 37.6 Å². The fourth-order valence-electron chi connectivity index (χ4n) is 2.36. The zero-order chi connectivity index (χ0) is 18.6. The monoisotopic (exact) mass is 364 g/mol. The first-order valence-electron chi connectivity index (χ1n) is 8.16. The van der Waals surface area contributed by atoms with Gasteiger partial charge in [0.1, 0.15) is 0 Å². The van der Waals surface area contributed by atoms with Crippen molar-refractivity contribution in [2.45, 2.75) is 26.7 Å². The van der Waals surface area contributed by atoms with Gasteiger partial charge in [0.25, 0.3) is 11.5 Å². The van der Waals surface area contributed by atoms with Gasteiger partial charge in [-0.3, -0.25) is 14.2 Å². The Kier molecular flexibility index (Phi) is 6.14. The minimum atomic E-state index is -0.699. The van der Waals surface area contributed by atoms with Gasteiger partial charge in [-0.15, -0.1) is 0 Å². The number of carbonyl (C=O) groups is 1. The summed E-state index contributed by atoms with van der Waals surface area (Å²) in [6.45, 7) is 4.87. The molecule has 2 rings (SSSR count). The molecule has 1 amide bonds. The second-order valence-corrected chi connectivity index (χ2v) is 6.06. The highest BCUT2D eigenvalue weighted by atomic mass is 35.5. The average molecular weight is 365 g/mol. The molecule has 0 spiro atoms. The molecule has 1 aromatic heterocycles. The summed E-state index contributed by atoms with van der Waals surface area (Å²) in [5.74, 6) is -0.473. The van der Waals surface area contributed by atoms with E-state index in [1.165, 1.54) is 7.05 Å². The maximum Gasteiger partial charge on any atom is 0.351 e. The summed E-state index contributed by atoms with van der Waals surface area (Å²) >= 11 is 5.86. The first-order valence-corrected chi connectivity index (χ1v) is 8.54. The summed E-state index contributed by atoms with van der Waals surface area (Å²) in [6.07, 6.45) is 1.76. The molecule has 0 fully saturated rings. The minimum Gasteiger partial charge on any atom is -0.337 e. The van der Waals surface area contributed by atoms with Crippen molar-refractivity contribution < 1.29 is 4.79 Å². The highest BCUT2D eigenvalue weighted by molar-refractivity contribution is 6.30. The Labute approximate surface area is 150 Å². The third kappa shape index (κ3) is 3.99. The van der Waals surface area contributed by atoms with E-state index in [4.69, 9.17) is 11.6 Å². The molecular weight excluding hydrogens is 344 g/mol. The van der Waals surface area contributed by atoms with E-state index in [2.05, 4.69) is 5.10 Å². The molecule has 134 valence electrons. The molecule has 0 saturated carbocycles.